The van der Waals surface area contributed by atoms with Gasteiger partial charge < -0.3 is 10.6 Å². The zero-order valence-electron chi connectivity index (χ0n) is 14.4. The second kappa shape index (κ2) is 7.68. The normalized spacial score (nSPS) is 14.6. The number of para-hydroxylation sites is 1. The van der Waals surface area contributed by atoms with Gasteiger partial charge in [-0.3, -0.25) is 9.59 Å². The number of hydrogen-bond donors (Lipinski definition) is 2. The van der Waals surface area contributed by atoms with E-state index in [1.165, 1.54) is 0 Å². The molecule has 0 aromatic heterocycles. The van der Waals surface area contributed by atoms with Crippen LogP contribution in [-0.2, 0) is 16.0 Å². The number of carbonyl (C=O) groups excluding carboxylic acids is 2. The molecular weight excluding hydrogens is 371 g/mol. The Kier molecular flexibility index (Phi) is 5.54. The summed E-state index contributed by atoms with van der Waals surface area (Å²) < 4.78 is 0. The van der Waals surface area contributed by atoms with Gasteiger partial charge in [0.05, 0.1) is 0 Å². The van der Waals surface area contributed by atoms with E-state index >= 15 is 0 Å². The van der Waals surface area contributed by atoms with Gasteiger partial charge in [-0.05, 0) is 55.5 Å². The first-order chi connectivity index (χ1) is 12.4. The molecule has 1 fully saturated rings. The third-order valence-corrected chi connectivity index (χ3v) is 5.29. The number of nitrogens with one attached hydrogen (secondary N) is 2. The Balaban J connectivity index is 1.57. The SMILES string of the molecule is Cc1ccccc1NC(=O)C1(C(=O)NCCc2ccc(Cl)cc2Cl)CC1. The predicted octanol–water partition coefficient (Wildman–Crippen LogP) is 4.38. The first-order valence-electron chi connectivity index (χ1n) is 8.52. The molecule has 0 radical (unpaired) electrons. The lowest BCUT2D eigenvalue weighted by molar-refractivity contribution is -0.134. The van der Waals surface area contributed by atoms with E-state index in [0.717, 1.165) is 16.8 Å². The molecule has 136 valence electrons. The minimum absolute atomic E-state index is 0.228. The third-order valence-electron chi connectivity index (χ3n) is 4.71. The lowest BCUT2D eigenvalue weighted by Gasteiger charge is -2.16. The van der Waals surface area contributed by atoms with Crippen molar-refractivity contribution < 1.29 is 9.59 Å². The van der Waals surface area contributed by atoms with Gasteiger partial charge in [-0.1, -0.05) is 47.5 Å². The van der Waals surface area contributed by atoms with Crippen molar-refractivity contribution in [3.05, 3.63) is 63.6 Å². The van der Waals surface area contributed by atoms with E-state index in [0.29, 0.717) is 35.9 Å². The van der Waals surface area contributed by atoms with Gasteiger partial charge in [0, 0.05) is 22.3 Å². The van der Waals surface area contributed by atoms with Crippen LogP contribution in [0.2, 0.25) is 10.0 Å². The predicted molar refractivity (Wildman–Crippen MR) is 105 cm³/mol. The van der Waals surface area contributed by atoms with Crippen molar-refractivity contribution in [3.63, 3.8) is 0 Å². The summed E-state index contributed by atoms with van der Waals surface area (Å²) in [5.41, 5.74) is 1.66. The lowest BCUT2D eigenvalue weighted by atomic mass is 10.0. The number of benzene rings is 2. The fourth-order valence-corrected chi connectivity index (χ4v) is 3.34. The monoisotopic (exact) mass is 390 g/mol. The summed E-state index contributed by atoms with van der Waals surface area (Å²) in [5.74, 6) is -0.470. The molecule has 0 bridgehead atoms. The standard InChI is InChI=1S/C20H20Cl2N2O2/c1-13-4-2-3-5-17(13)24-19(26)20(9-10-20)18(25)23-11-8-14-6-7-15(21)12-16(14)22/h2-7,12H,8-11H2,1H3,(H,23,25)(H,24,26). The van der Waals surface area contributed by atoms with Crippen LogP contribution in [0, 0.1) is 12.3 Å². The Morgan fingerprint density at radius 1 is 1.08 bits per heavy atom. The van der Waals surface area contributed by atoms with Gasteiger partial charge in [-0.15, -0.1) is 0 Å². The highest BCUT2D eigenvalue weighted by molar-refractivity contribution is 6.35. The molecule has 2 aromatic carbocycles. The average molecular weight is 391 g/mol. The summed E-state index contributed by atoms with van der Waals surface area (Å²) in [6.07, 6.45) is 1.72. The van der Waals surface area contributed by atoms with Crippen molar-refractivity contribution in [2.75, 3.05) is 11.9 Å². The van der Waals surface area contributed by atoms with Crippen molar-refractivity contribution in [3.8, 4) is 0 Å². The Labute approximate surface area is 162 Å². The Bertz CT molecular complexity index is 847. The molecule has 4 nitrogen and oxygen atoms in total. The molecule has 0 aliphatic heterocycles. The maximum absolute atomic E-state index is 12.6. The van der Waals surface area contributed by atoms with Gasteiger partial charge >= 0.3 is 0 Å². The Morgan fingerprint density at radius 3 is 2.46 bits per heavy atom. The third kappa shape index (κ3) is 4.02. The van der Waals surface area contributed by atoms with Gasteiger partial charge in [-0.2, -0.15) is 0 Å². The second-order valence-corrected chi connectivity index (χ2v) is 7.44. The van der Waals surface area contributed by atoms with Crippen LogP contribution in [0.25, 0.3) is 0 Å². The first-order valence-corrected chi connectivity index (χ1v) is 9.27. The highest BCUT2D eigenvalue weighted by atomic mass is 35.5. The molecule has 2 aromatic rings. The fourth-order valence-electron chi connectivity index (χ4n) is 2.84. The highest BCUT2D eigenvalue weighted by Crippen LogP contribution is 2.47. The van der Waals surface area contributed by atoms with E-state index in [1.807, 2.05) is 37.3 Å². The molecule has 0 unspecified atom stereocenters. The quantitative estimate of drug-likeness (QED) is 0.718. The van der Waals surface area contributed by atoms with Gasteiger partial charge in [0.1, 0.15) is 5.41 Å². The minimum atomic E-state index is -0.952. The van der Waals surface area contributed by atoms with E-state index in [9.17, 15) is 9.59 Å². The van der Waals surface area contributed by atoms with E-state index < -0.39 is 5.41 Å². The summed E-state index contributed by atoms with van der Waals surface area (Å²) in [7, 11) is 0. The number of halogens is 2. The molecule has 0 atom stereocenters. The van der Waals surface area contributed by atoms with Crippen molar-refractivity contribution in [2.24, 2.45) is 5.41 Å². The Hall–Kier alpha value is -2.04. The van der Waals surface area contributed by atoms with Gasteiger partial charge in [0.25, 0.3) is 0 Å². The number of hydrogen-bond acceptors (Lipinski definition) is 2. The fraction of sp³-hybridized carbons (Fsp3) is 0.300. The summed E-state index contributed by atoms with van der Waals surface area (Å²) in [4.78, 5) is 25.2. The molecule has 26 heavy (non-hydrogen) atoms. The zero-order valence-corrected chi connectivity index (χ0v) is 16.0. The summed E-state index contributed by atoms with van der Waals surface area (Å²) in [6.45, 7) is 2.34. The number of rotatable bonds is 6. The number of aryl methyl sites for hydroxylation is 1. The smallest absolute Gasteiger partial charge is 0.240 e. The molecule has 2 amide bonds. The summed E-state index contributed by atoms with van der Waals surface area (Å²) in [5, 5.41) is 6.90. The van der Waals surface area contributed by atoms with Crippen LogP contribution < -0.4 is 10.6 Å². The van der Waals surface area contributed by atoms with Crippen LogP contribution in [0.4, 0.5) is 5.69 Å². The van der Waals surface area contributed by atoms with Crippen molar-refractivity contribution in [1.82, 2.24) is 5.32 Å². The second-order valence-electron chi connectivity index (χ2n) is 6.59. The van der Waals surface area contributed by atoms with Gasteiger partial charge in [-0.25, -0.2) is 0 Å². The minimum Gasteiger partial charge on any atom is -0.355 e. The van der Waals surface area contributed by atoms with Crippen molar-refractivity contribution in [2.45, 2.75) is 26.2 Å². The zero-order chi connectivity index (χ0) is 18.7. The molecule has 1 aliphatic carbocycles. The molecule has 2 N–H and O–H groups in total. The summed E-state index contributed by atoms with van der Waals surface area (Å²) >= 11 is 12.0. The highest BCUT2D eigenvalue weighted by Gasteiger charge is 2.56. The maximum atomic E-state index is 12.6. The van der Waals surface area contributed by atoms with Crippen LogP contribution in [0.5, 0.6) is 0 Å². The molecule has 3 rings (SSSR count). The topological polar surface area (TPSA) is 58.2 Å². The van der Waals surface area contributed by atoms with Gasteiger partial charge in [0.15, 0.2) is 0 Å². The average Bonchev–Trinajstić information content (AvgIpc) is 3.41. The summed E-state index contributed by atoms with van der Waals surface area (Å²) in [6, 6.07) is 12.8. The Morgan fingerprint density at radius 2 is 1.81 bits per heavy atom. The van der Waals surface area contributed by atoms with Gasteiger partial charge in [0.2, 0.25) is 11.8 Å². The molecule has 1 aliphatic rings. The lowest BCUT2D eigenvalue weighted by Crippen LogP contribution is -2.40. The maximum Gasteiger partial charge on any atom is 0.240 e. The van der Waals surface area contributed by atoms with E-state index in [-0.39, 0.29) is 11.8 Å². The molecule has 6 heteroatoms. The number of amides is 2. The van der Waals surface area contributed by atoms with Crippen LogP contribution in [0.1, 0.15) is 24.0 Å². The van der Waals surface area contributed by atoms with E-state index in [2.05, 4.69) is 10.6 Å². The largest absolute Gasteiger partial charge is 0.355 e. The van der Waals surface area contributed by atoms with E-state index in [1.54, 1.807) is 12.1 Å². The van der Waals surface area contributed by atoms with Crippen LogP contribution >= 0.6 is 23.2 Å². The van der Waals surface area contributed by atoms with Crippen LogP contribution in [0.15, 0.2) is 42.5 Å². The number of anilines is 1. The first kappa shape index (κ1) is 18.7. The number of carbonyl (C=O) groups is 2. The van der Waals surface area contributed by atoms with Crippen molar-refractivity contribution >= 4 is 40.7 Å². The van der Waals surface area contributed by atoms with E-state index in [4.69, 9.17) is 23.2 Å². The molecule has 0 spiro atoms. The van der Waals surface area contributed by atoms with Crippen molar-refractivity contribution in [1.29, 1.82) is 0 Å². The molecule has 0 heterocycles. The van der Waals surface area contributed by atoms with Crippen LogP contribution in [-0.4, -0.2) is 18.4 Å². The molecular formula is C20H20Cl2N2O2. The molecule has 1 saturated carbocycles. The molecule has 0 saturated heterocycles. The van der Waals surface area contributed by atoms with Crippen LogP contribution in [0.3, 0.4) is 0 Å².